The van der Waals surface area contributed by atoms with Crippen LogP contribution in [-0.4, -0.2) is 24.1 Å². The van der Waals surface area contributed by atoms with Crippen LogP contribution in [0.3, 0.4) is 0 Å². The van der Waals surface area contributed by atoms with Crippen molar-refractivity contribution < 1.29 is 0 Å². The summed E-state index contributed by atoms with van der Waals surface area (Å²) in [6.07, 6.45) is 0. The van der Waals surface area contributed by atoms with Crippen LogP contribution in [0.25, 0.3) is 105 Å². The van der Waals surface area contributed by atoms with Crippen molar-refractivity contribution >= 4 is 49.3 Å². The van der Waals surface area contributed by atoms with Gasteiger partial charge in [-0.05, 0) is 71.8 Å². The monoisotopic (exact) mass is 740 g/mol. The number of hydrogen-bond donors (Lipinski definition) is 0. The summed E-state index contributed by atoms with van der Waals surface area (Å²) >= 11 is 0. The van der Waals surface area contributed by atoms with E-state index in [0.29, 0.717) is 23.2 Å². The van der Waals surface area contributed by atoms with Gasteiger partial charge in [0.1, 0.15) is 0 Å². The van der Waals surface area contributed by atoms with E-state index in [1.54, 1.807) is 0 Å². The highest BCUT2D eigenvalue weighted by molar-refractivity contribution is 6.19. The van der Waals surface area contributed by atoms with E-state index in [2.05, 4.69) is 129 Å². The van der Waals surface area contributed by atoms with Gasteiger partial charge in [-0.2, -0.15) is 0 Å². The van der Waals surface area contributed by atoms with E-state index < -0.39 is 0 Å². The van der Waals surface area contributed by atoms with E-state index >= 15 is 0 Å². The second-order valence-corrected chi connectivity index (χ2v) is 14.4. The molecule has 0 aliphatic heterocycles. The van der Waals surface area contributed by atoms with Crippen molar-refractivity contribution in [3.05, 3.63) is 206 Å². The minimum atomic E-state index is 0.517. The molecule has 0 bridgehead atoms. The maximum atomic E-state index is 8.37. The number of para-hydroxylation sites is 3. The first kappa shape index (κ1) is 33.2. The molecule has 3 aromatic heterocycles. The number of nitrogens with zero attached hydrogens (tertiary/aromatic N) is 6. The van der Waals surface area contributed by atoms with Gasteiger partial charge in [-0.1, -0.05) is 133 Å². The molecule has 270 valence electrons. The minimum absolute atomic E-state index is 0.517. The molecule has 0 aliphatic rings. The van der Waals surface area contributed by atoms with Crippen LogP contribution in [0.15, 0.2) is 194 Å². The third-order valence-corrected chi connectivity index (χ3v) is 11.0. The second kappa shape index (κ2) is 13.6. The largest absolute Gasteiger partial charge is 0.309 e. The van der Waals surface area contributed by atoms with Crippen molar-refractivity contribution in [1.29, 1.82) is 0 Å². The summed E-state index contributed by atoms with van der Waals surface area (Å²) in [6, 6.07) is 66.8. The molecule has 58 heavy (non-hydrogen) atoms. The molecule has 0 spiro atoms. The van der Waals surface area contributed by atoms with Gasteiger partial charge >= 0.3 is 0 Å². The molecule has 3 heterocycles. The highest BCUT2D eigenvalue weighted by Gasteiger charge is 2.20. The van der Waals surface area contributed by atoms with Crippen molar-refractivity contribution in [2.45, 2.75) is 0 Å². The summed E-state index contributed by atoms with van der Waals surface area (Å²) in [4.78, 5) is 18.8. The van der Waals surface area contributed by atoms with Gasteiger partial charge < -0.3 is 9.13 Å². The maximum absolute atomic E-state index is 8.37. The van der Waals surface area contributed by atoms with Crippen LogP contribution in [0.1, 0.15) is 0 Å². The maximum Gasteiger partial charge on any atom is 0.195 e. The summed E-state index contributed by atoms with van der Waals surface area (Å²) in [7, 11) is 0. The molecule has 0 fully saturated rings. The molecule has 6 nitrogen and oxygen atoms in total. The van der Waals surface area contributed by atoms with Crippen LogP contribution in [0.5, 0.6) is 0 Å². The smallest absolute Gasteiger partial charge is 0.195 e. The fourth-order valence-electron chi connectivity index (χ4n) is 8.30. The first-order valence-corrected chi connectivity index (χ1v) is 19.2. The average Bonchev–Trinajstić information content (AvgIpc) is 3.80. The minimum Gasteiger partial charge on any atom is -0.309 e. The van der Waals surface area contributed by atoms with Crippen LogP contribution >= 0.6 is 0 Å². The fraction of sp³-hybridized carbons (Fsp3) is 0. The quantitative estimate of drug-likeness (QED) is 0.160. The number of hydrogen-bond acceptors (Lipinski definition) is 3. The zero-order chi connectivity index (χ0) is 38.6. The van der Waals surface area contributed by atoms with Gasteiger partial charge in [0.25, 0.3) is 0 Å². The lowest BCUT2D eigenvalue weighted by atomic mass is 9.99. The Balaban J connectivity index is 1.11. The normalized spacial score (nSPS) is 11.4. The Morgan fingerprint density at radius 3 is 1.36 bits per heavy atom. The van der Waals surface area contributed by atoms with Crippen molar-refractivity contribution in [2.75, 3.05) is 0 Å². The van der Waals surface area contributed by atoms with Gasteiger partial charge in [0.15, 0.2) is 23.2 Å². The summed E-state index contributed by atoms with van der Waals surface area (Å²) in [5, 5.41) is 4.66. The molecule has 0 amide bonds. The highest BCUT2D eigenvalue weighted by atomic mass is 15.0. The molecule has 6 heteroatoms. The first-order chi connectivity index (χ1) is 28.7. The third kappa shape index (κ3) is 5.45. The molecule has 0 atom stereocenters. The summed E-state index contributed by atoms with van der Waals surface area (Å²) in [6.45, 7) is 8.37. The zero-order valence-corrected chi connectivity index (χ0v) is 31.2. The Morgan fingerprint density at radius 1 is 0.345 bits per heavy atom. The number of benzene rings is 8. The number of aromatic nitrogens is 5. The molecule has 0 unspecified atom stereocenters. The van der Waals surface area contributed by atoms with E-state index in [4.69, 9.17) is 21.5 Å². The predicted molar refractivity (Wildman–Crippen MR) is 237 cm³/mol. The SMILES string of the molecule is [C-]#[N+]c1cc(-c2nc(-c3ccccc3)nc(-c3ccccc3)n2)ccc1-c1ccc2c(c1)c1cc3c(cc1n2-c1ccccc1)c1ccccc1n3-c1ccccc1. The van der Waals surface area contributed by atoms with Gasteiger partial charge in [0.05, 0.1) is 28.6 Å². The molecule has 0 aliphatic carbocycles. The van der Waals surface area contributed by atoms with Crippen molar-refractivity contribution in [2.24, 2.45) is 0 Å². The van der Waals surface area contributed by atoms with E-state index in [9.17, 15) is 0 Å². The molecule has 0 radical (unpaired) electrons. The third-order valence-electron chi connectivity index (χ3n) is 11.0. The second-order valence-electron chi connectivity index (χ2n) is 14.4. The Hall–Kier alpha value is -8.14. The van der Waals surface area contributed by atoms with Crippen LogP contribution in [0, 0.1) is 6.57 Å². The van der Waals surface area contributed by atoms with Gasteiger partial charge in [-0.15, -0.1) is 0 Å². The van der Waals surface area contributed by atoms with Crippen molar-refractivity contribution in [3.8, 4) is 56.7 Å². The van der Waals surface area contributed by atoms with Gasteiger partial charge in [0.2, 0.25) is 0 Å². The van der Waals surface area contributed by atoms with Crippen LogP contribution in [0.4, 0.5) is 5.69 Å². The van der Waals surface area contributed by atoms with E-state index in [0.717, 1.165) is 66.5 Å². The van der Waals surface area contributed by atoms with Crippen LogP contribution < -0.4 is 0 Å². The number of rotatable bonds is 6. The standard InChI is InChI=1S/C52H32N6/c1-53-45-31-37(52-55-50(34-16-6-2-7-17-34)54-51(56-52)35-18-8-3-9-19-35)26-28-40(45)36-27-29-47-42(30-36)44-33-48-43(32-49(44)58(47)39-22-12-5-13-23-39)41-24-14-15-25-46(41)57(48)38-20-10-4-11-21-38/h2-33H. The Morgan fingerprint density at radius 2 is 0.793 bits per heavy atom. The lowest BCUT2D eigenvalue weighted by molar-refractivity contribution is 1.07. The molecular weight excluding hydrogens is 709 g/mol. The molecular formula is C52H32N6. The molecule has 11 aromatic rings. The topological polar surface area (TPSA) is 52.9 Å². The van der Waals surface area contributed by atoms with Crippen molar-refractivity contribution in [3.63, 3.8) is 0 Å². The number of fused-ring (bicyclic) bond motifs is 6. The van der Waals surface area contributed by atoms with E-state index in [1.807, 2.05) is 78.9 Å². The molecule has 0 saturated carbocycles. The summed E-state index contributed by atoms with van der Waals surface area (Å²) in [5.74, 6) is 1.68. The molecule has 8 aromatic carbocycles. The van der Waals surface area contributed by atoms with E-state index in [1.165, 1.54) is 16.3 Å². The lowest BCUT2D eigenvalue weighted by Gasteiger charge is -2.11. The fourth-order valence-corrected chi connectivity index (χ4v) is 8.30. The molecule has 11 rings (SSSR count). The van der Waals surface area contributed by atoms with Gasteiger partial charge in [-0.3, -0.25) is 0 Å². The summed E-state index contributed by atoms with van der Waals surface area (Å²) in [5.41, 5.74) is 11.6. The highest BCUT2D eigenvalue weighted by Crippen LogP contribution is 2.42. The van der Waals surface area contributed by atoms with Crippen molar-refractivity contribution in [1.82, 2.24) is 24.1 Å². The Kier molecular flexibility index (Phi) is 7.76. The molecule has 0 N–H and O–H groups in total. The van der Waals surface area contributed by atoms with Gasteiger partial charge in [-0.25, -0.2) is 19.8 Å². The average molecular weight is 741 g/mol. The van der Waals surface area contributed by atoms with Crippen LogP contribution in [0.2, 0.25) is 0 Å². The molecule has 0 saturated heterocycles. The van der Waals surface area contributed by atoms with E-state index in [-0.39, 0.29) is 0 Å². The predicted octanol–water partition coefficient (Wildman–Crippen LogP) is 13.3. The summed E-state index contributed by atoms with van der Waals surface area (Å²) < 4.78 is 4.72. The Bertz CT molecular complexity index is 3320. The Labute approximate surface area is 334 Å². The van der Waals surface area contributed by atoms with Gasteiger partial charge in [0, 0.05) is 49.6 Å². The van der Waals surface area contributed by atoms with Crippen LogP contribution in [-0.2, 0) is 0 Å². The first-order valence-electron chi connectivity index (χ1n) is 19.2. The zero-order valence-electron chi connectivity index (χ0n) is 31.2. The lowest BCUT2D eigenvalue weighted by Crippen LogP contribution is -2.00.